The highest BCUT2D eigenvalue weighted by Crippen LogP contribution is 2.27. The average Bonchev–Trinajstić information content (AvgIpc) is 3.34. The first kappa shape index (κ1) is 21.2. The highest BCUT2D eigenvalue weighted by molar-refractivity contribution is 5.90. The number of nitrogens with zero attached hydrogens (tertiary/aromatic N) is 6. The number of benzene rings is 3. The summed E-state index contributed by atoms with van der Waals surface area (Å²) in [6, 6.07) is 23.6. The number of fused-ring (bicyclic) bond motifs is 2. The van der Waals surface area contributed by atoms with Gasteiger partial charge in [0.2, 0.25) is 0 Å². The summed E-state index contributed by atoms with van der Waals surface area (Å²) in [6.45, 7) is 3.24. The van der Waals surface area contributed by atoms with Gasteiger partial charge in [-0.1, -0.05) is 54.6 Å². The third-order valence-electron chi connectivity index (χ3n) is 6.34. The van der Waals surface area contributed by atoms with Crippen molar-refractivity contribution in [1.29, 1.82) is 0 Å². The van der Waals surface area contributed by atoms with Crippen LogP contribution in [0, 0.1) is 0 Å². The number of aromatic nitrogens is 4. The Labute approximate surface area is 202 Å². The lowest BCUT2D eigenvalue weighted by Crippen LogP contribution is -2.48. The quantitative estimate of drug-likeness (QED) is 0.290. The fourth-order valence-corrected chi connectivity index (χ4v) is 4.58. The van der Waals surface area contributed by atoms with Crippen molar-refractivity contribution in [3.8, 4) is 11.4 Å². The van der Waals surface area contributed by atoms with E-state index < -0.39 is 0 Å². The molecule has 0 bridgehead atoms. The molecular formula is C27H24N6O2. The van der Waals surface area contributed by atoms with E-state index in [1.54, 1.807) is 6.33 Å². The van der Waals surface area contributed by atoms with E-state index in [0.717, 1.165) is 59.5 Å². The van der Waals surface area contributed by atoms with Crippen molar-refractivity contribution < 1.29 is 9.53 Å². The van der Waals surface area contributed by atoms with Crippen LogP contribution in [0.4, 0.5) is 5.82 Å². The molecule has 8 heteroatoms. The van der Waals surface area contributed by atoms with Crippen molar-refractivity contribution in [2.24, 2.45) is 0 Å². The van der Waals surface area contributed by atoms with E-state index in [-0.39, 0.29) is 12.5 Å². The van der Waals surface area contributed by atoms with Crippen LogP contribution < -0.4 is 9.64 Å². The smallest absolute Gasteiger partial charge is 0.325 e. The molecule has 0 N–H and O–H groups in total. The van der Waals surface area contributed by atoms with Gasteiger partial charge in [0.25, 0.3) is 0 Å². The second-order valence-electron chi connectivity index (χ2n) is 8.54. The predicted molar refractivity (Wildman–Crippen MR) is 135 cm³/mol. The van der Waals surface area contributed by atoms with Gasteiger partial charge in [0, 0.05) is 31.6 Å². The topological polar surface area (TPSA) is 76.4 Å². The molecule has 5 aromatic rings. The Hall–Kier alpha value is -4.30. The molecule has 1 aliphatic rings. The lowest BCUT2D eigenvalue weighted by atomic mass is 10.1. The fourth-order valence-electron chi connectivity index (χ4n) is 4.58. The largest absolute Gasteiger partial charge is 0.425 e. The maximum Gasteiger partial charge on any atom is 0.325 e. The molecule has 3 heterocycles. The Balaban J connectivity index is 1.12. The minimum Gasteiger partial charge on any atom is -0.425 e. The van der Waals surface area contributed by atoms with Crippen molar-refractivity contribution in [2.45, 2.75) is 0 Å². The number of hydrogen-bond acceptors (Lipinski definition) is 7. The van der Waals surface area contributed by atoms with Gasteiger partial charge >= 0.3 is 5.97 Å². The Bertz CT molecular complexity index is 1490. The first-order chi connectivity index (χ1) is 17.3. The van der Waals surface area contributed by atoms with Crippen LogP contribution >= 0.6 is 0 Å². The van der Waals surface area contributed by atoms with Crippen LogP contribution in [0.15, 0.2) is 85.3 Å². The van der Waals surface area contributed by atoms with Gasteiger partial charge in [-0.15, -0.1) is 0 Å². The van der Waals surface area contributed by atoms with E-state index >= 15 is 0 Å². The second kappa shape index (κ2) is 9.15. The number of para-hydroxylation sites is 1. The van der Waals surface area contributed by atoms with Crippen LogP contribution in [0.3, 0.4) is 0 Å². The maximum atomic E-state index is 12.7. The van der Waals surface area contributed by atoms with Gasteiger partial charge in [-0.05, 0) is 23.6 Å². The van der Waals surface area contributed by atoms with Gasteiger partial charge in [0.1, 0.15) is 17.9 Å². The molecule has 1 fully saturated rings. The standard InChI is InChI=1S/C27H24N6O2/c34-25(35-24-12-6-8-20-7-4-5-11-22(20)24)18-31-13-15-32(16-14-31)26-23-17-30-33(27(23)29-19-28-26)21-9-2-1-3-10-21/h1-12,17,19H,13-16,18H2. The Kier molecular flexibility index (Phi) is 5.56. The van der Waals surface area contributed by atoms with E-state index in [1.165, 1.54) is 0 Å². The summed E-state index contributed by atoms with van der Waals surface area (Å²) < 4.78 is 7.55. The molecule has 3 aromatic carbocycles. The van der Waals surface area contributed by atoms with Gasteiger partial charge in [-0.2, -0.15) is 5.10 Å². The Morgan fingerprint density at radius 1 is 0.829 bits per heavy atom. The number of carbonyl (C=O) groups is 1. The molecule has 2 aromatic heterocycles. The van der Waals surface area contributed by atoms with Crippen LogP contribution in [-0.2, 0) is 4.79 Å². The SMILES string of the molecule is O=C(CN1CCN(c2ncnc3c2cnn3-c2ccccc2)CC1)Oc1cccc2ccccc12. The number of anilines is 1. The molecule has 0 radical (unpaired) electrons. The lowest BCUT2D eigenvalue weighted by molar-refractivity contribution is -0.135. The van der Waals surface area contributed by atoms with Crippen molar-refractivity contribution in [2.75, 3.05) is 37.6 Å². The molecular weight excluding hydrogens is 440 g/mol. The number of rotatable bonds is 5. The maximum absolute atomic E-state index is 12.7. The summed E-state index contributed by atoms with van der Waals surface area (Å²) in [7, 11) is 0. The molecule has 0 spiro atoms. The highest BCUT2D eigenvalue weighted by Gasteiger charge is 2.23. The third kappa shape index (κ3) is 4.20. The van der Waals surface area contributed by atoms with E-state index in [4.69, 9.17) is 4.74 Å². The molecule has 6 rings (SSSR count). The molecule has 0 atom stereocenters. The van der Waals surface area contributed by atoms with Gasteiger partial charge in [0.05, 0.1) is 23.8 Å². The molecule has 1 aliphatic heterocycles. The van der Waals surface area contributed by atoms with E-state index in [9.17, 15) is 4.79 Å². The zero-order chi connectivity index (χ0) is 23.6. The van der Waals surface area contributed by atoms with Crippen molar-refractivity contribution >= 4 is 33.6 Å². The molecule has 0 aliphatic carbocycles. The summed E-state index contributed by atoms with van der Waals surface area (Å²) in [5.41, 5.74) is 1.74. The molecule has 174 valence electrons. The minimum atomic E-state index is -0.247. The molecule has 0 unspecified atom stereocenters. The molecule has 0 saturated carbocycles. The summed E-state index contributed by atoms with van der Waals surface area (Å²) in [5.74, 6) is 1.23. The highest BCUT2D eigenvalue weighted by atomic mass is 16.5. The Morgan fingerprint density at radius 3 is 2.46 bits per heavy atom. The molecule has 8 nitrogen and oxygen atoms in total. The molecule has 1 saturated heterocycles. The van der Waals surface area contributed by atoms with Gasteiger partial charge < -0.3 is 9.64 Å². The number of esters is 1. The number of ether oxygens (including phenoxy) is 1. The monoisotopic (exact) mass is 464 g/mol. The van der Waals surface area contributed by atoms with Crippen molar-refractivity contribution in [3.05, 3.63) is 85.3 Å². The first-order valence-electron chi connectivity index (χ1n) is 11.7. The van der Waals surface area contributed by atoms with Crippen molar-refractivity contribution in [3.63, 3.8) is 0 Å². The zero-order valence-corrected chi connectivity index (χ0v) is 19.1. The lowest BCUT2D eigenvalue weighted by Gasteiger charge is -2.34. The van der Waals surface area contributed by atoms with E-state index in [2.05, 4.69) is 24.9 Å². The van der Waals surface area contributed by atoms with Gasteiger partial charge in [0.15, 0.2) is 5.65 Å². The van der Waals surface area contributed by atoms with Gasteiger partial charge in [-0.3, -0.25) is 9.69 Å². The summed E-state index contributed by atoms with van der Waals surface area (Å²) in [4.78, 5) is 26.1. The minimum absolute atomic E-state index is 0.247. The summed E-state index contributed by atoms with van der Waals surface area (Å²) in [5, 5.41) is 7.47. The first-order valence-corrected chi connectivity index (χ1v) is 11.7. The van der Waals surface area contributed by atoms with E-state index in [1.807, 2.05) is 83.7 Å². The normalized spacial score (nSPS) is 14.5. The Morgan fingerprint density at radius 2 is 1.60 bits per heavy atom. The number of carbonyl (C=O) groups excluding carboxylic acids is 1. The second-order valence-corrected chi connectivity index (χ2v) is 8.54. The van der Waals surface area contributed by atoms with Crippen LogP contribution in [0.1, 0.15) is 0 Å². The average molecular weight is 465 g/mol. The van der Waals surface area contributed by atoms with Crippen LogP contribution in [-0.4, -0.2) is 63.3 Å². The summed E-state index contributed by atoms with van der Waals surface area (Å²) in [6.07, 6.45) is 3.41. The van der Waals surface area contributed by atoms with Crippen LogP contribution in [0.5, 0.6) is 5.75 Å². The predicted octanol–water partition coefficient (Wildman–Crippen LogP) is 3.70. The fraction of sp³-hybridized carbons (Fsp3) is 0.185. The van der Waals surface area contributed by atoms with Crippen LogP contribution in [0.2, 0.25) is 0 Å². The van der Waals surface area contributed by atoms with Gasteiger partial charge in [-0.25, -0.2) is 14.6 Å². The number of hydrogen-bond donors (Lipinski definition) is 0. The third-order valence-corrected chi connectivity index (χ3v) is 6.34. The zero-order valence-electron chi connectivity index (χ0n) is 19.1. The molecule has 35 heavy (non-hydrogen) atoms. The van der Waals surface area contributed by atoms with Crippen LogP contribution in [0.25, 0.3) is 27.5 Å². The molecule has 0 amide bonds. The van der Waals surface area contributed by atoms with Crippen molar-refractivity contribution in [1.82, 2.24) is 24.6 Å². The number of piperazine rings is 1. The summed E-state index contributed by atoms with van der Waals surface area (Å²) >= 11 is 0. The van der Waals surface area contributed by atoms with E-state index in [0.29, 0.717) is 5.75 Å².